The van der Waals surface area contributed by atoms with Gasteiger partial charge in [0.25, 0.3) is 5.91 Å². The average molecular weight is 261 g/mol. The van der Waals surface area contributed by atoms with E-state index in [4.69, 9.17) is 10.3 Å². The van der Waals surface area contributed by atoms with E-state index < -0.39 is 0 Å². The predicted octanol–water partition coefficient (Wildman–Crippen LogP) is 0.716. The fourth-order valence-corrected chi connectivity index (χ4v) is 1.61. The molecule has 2 aromatic rings. The van der Waals surface area contributed by atoms with Gasteiger partial charge in [0.15, 0.2) is 11.5 Å². The molecule has 0 bridgehead atoms. The SMILES string of the molecule is CC(Cc1ccco1)NC(=O)c1ccc(NN)nn1. The smallest absolute Gasteiger partial charge is 0.272 e. The van der Waals surface area contributed by atoms with Gasteiger partial charge in [0.2, 0.25) is 0 Å². The summed E-state index contributed by atoms with van der Waals surface area (Å²) in [5, 5.41) is 10.3. The topological polar surface area (TPSA) is 106 Å². The molecule has 1 atom stereocenters. The summed E-state index contributed by atoms with van der Waals surface area (Å²) in [6.07, 6.45) is 2.22. The molecule has 0 aliphatic heterocycles. The van der Waals surface area contributed by atoms with E-state index in [0.29, 0.717) is 12.2 Å². The first-order valence-corrected chi connectivity index (χ1v) is 5.82. The van der Waals surface area contributed by atoms with Gasteiger partial charge in [0, 0.05) is 12.5 Å². The van der Waals surface area contributed by atoms with Crippen molar-refractivity contribution in [2.45, 2.75) is 19.4 Å². The summed E-state index contributed by atoms with van der Waals surface area (Å²) in [5.41, 5.74) is 2.59. The number of nitrogens with one attached hydrogen (secondary N) is 2. The zero-order valence-electron chi connectivity index (χ0n) is 10.5. The number of hydrazine groups is 1. The molecule has 0 saturated carbocycles. The lowest BCUT2D eigenvalue weighted by Crippen LogP contribution is -2.34. The first-order chi connectivity index (χ1) is 9.19. The second-order valence-corrected chi connectivity index (χ2v) is 4.11. The zero-order valence-corrected chi connectivity index (χ0v) is 10.5. The lowest BCUT2D eigenvalue weighted by molar-refractivity contribution is 0.0933. The highest BCUT2D eigenvalue weighted by molar-refractivity contribution is 5.92. The summed E-state index contributed by atoms with van der Waals surface area (Å²) in [7, 11) is 0. The molecule has 7 heteroatoms. The van der Waals surface area contributed by atoms with Gasteiger partial charge in [-0.25, -0.2) is 5.84 Å². The summed E-state index contributed by atoms with van der Waals surface area (Å²) < 4.78 is 5.22. The van der Waals surface area contributed by atoms with Crippen molar-refractivity contribution in [1.29, 1.82) is 0 Å². The van der Waals surface area contributed by atoms with Gasteiger partial charge in [-0.05, 0) is 31.2 Å². The summed E-state index contributed by atoms with van der Waals surface area (Å²) in [5.74, 6) is 6.11. The Balaban J connectivity index is 1.92. The number of hydrogen-bond donors (Lipinski definition) is 3. The third-order valence-electron chi connectivity index (χ3n) is 2.51. The Morgan fingerprint density at radius 1 is 1.42 bits per heavy atom. The Kier molecular flexibility index (Phi) is 4.09. The lowest BCUT2D eigenvalue weighted by Gasteiger charge is -2.11. The highest BCUT2D eigenvalue weighted by Gasteiger charge is 2.13. The predicted molar refractivity (Wildman–Crippen MR) is 69.2 cm³/mol. The molecule has 0 fully saturated rings. The molecular weight excluding hydrogens is 246 g/mol. The van der Waals surface area contributed by atoms with E-state index in [-0.39, 0.29) is 17.6 Å². The quantitative estimate of drug-likeness (QED) is 0.541. The number of rotatable bonds is 5. The minimum atomic E-state index is -0.282. The molecule has 19 heavy (non-hydrogen) atoms. The molecule has 0 aromatic carbocycles. The fourth-order valence-electron chi connectivity index (χ4n) is 1.61. The van der Waals surface area contributed by atoms with E-state index in [9.17, 15) is 4.79 Å². The molecule has 2 aromatic heterocycles. The maximum absolute atomic E-state index is 11.9. The van der Waals surface area contributed by atoms with Crippen LogP contribution in [0.4, 0.5) is 5.82 Å². The van der Waals surface area contributed by atoms with Crippen molar-refractivity contribution >= 4 is 11.7 Å². The van der Waals surface area contributed by atoms with Crippen LogP contribution in [0.3, 0.4) is 0 Å². The van der Waals surface area contributed by atoms with Crippen molar-refractivity contribution in [3.8, 4) is 0 Å². The van der Waals surface area contributed by atoms with Crippen LogP contribution in [0.1, 0.15) is 23.2 Å². The van der Waals surface area contributed by atoms with E-state index in [1.165, 1.54) is 0 Å². The molecule has 0 spiro atoms. The fraction of sp³-hybridized carbons (Fsp3) is 0.250. The van der Waals surface area contributed by atoms with E-state index >= 15 is 0 Å². The summed E-state index contributed by atoms with van der Waals surface area (Å²) in [6, 6.07) is 6.75. The van der Waals surface area contributed by atoms with Gasteiger partial charge in [0.05, 0.1) is 6.26 Å². The Labute approximate surface area is 110 Å². The van der Waals surface area contributed by atoms with Crippen LogP contribution in [0.25, 0.3) is 0 Å². The van der Waals surface area contributed by atoms with Crippen LogP contribution < -0.4 is 16.6 Å². The van der Waals surface area contributed by atoms with Gasteiger partial charge in [-0.1, -0.05) is 0 Å². The van der Waals surface area contributed by atoms with Crippen molar-refractivity contribution in [1.82, 2.24) is 15.5 Å². The van der Waals surface area contributed by atoms with E-state index in [1.807, 2.05) is 19.1 Å². The third kappa shape index (κ3) is 3.52. The molecule has 100 valence electrons. The number of amides is 1. The first-order valence-electron chi connectivity index (χ1n) is 5.82. The highest BCUT2D eigenvalue weighted by atomic mass is 16.3. The van der Waals surface area contributed by atoms with E-state index in [1.54, 1.807) is 18.4 Å². The van der Waals surface area contributed by atoms with Crippen LogP contribution in [0.15, 0.2) is 34.9 Å². The molecule has 0 aliphatic carbocycles. The standard InChI is InChI=1S/C12H15N5O2/c1-8(7-9-3-2-6-19-9)14-12(18)10-4-5-11(15-13)17-16-10/h2-6,8H,7,13H2,1H3,(H,14,18)(H,15,17). The summed E-state index contributed by atoms with van der Waals surface area (Å²) in [4.78, 5) is 11.9. The largest absolute Gasteiger partial charge is 0.469 e. The van der Waals surface area contributed by atoms with Gasteiger partial charge in [-0.15, -0.1) is 10.2 Å². The van der Waals surface area contributed by atoms with Gasteiger partial charge in [-0.3, -0.25) is 4.79 Å². The number of carbonyl (C=O) groups excluding carboxylic acids is 1. The summed E-state index contributed by atoms with van der Waals surface area (Å²) in [6.45, 7) is 1.89. The van der Waals surface area contributed by atoms with Crippen LogP contribution in [0.2, 0.25) is 0 Å². The van der Waals surface area contributed by atoms with Crippen molar-refractivity contribution in [2.75, 3.05) is 5.43 Å². The van der Waals surface area contributed by atoms with Crippen LogP contribution in [0, 0.1) is 0 Å². The second-order valence-electron chi connectivity index (χ2n) is 4.11. The molecule has 2 heterocycles. The van der Waals surface area contributed by atoms with E-state index in [2.05, 4.69) is 20.9 Å². The maximum Gasteiger partial charge on any atom is 0.272 e. The first kappa shape index (κ1) is 13.0. The van der Waals surface area contributed by atoms with Crippen LogP contribution in [0.5, 0.6) is 0 Å². The normalized spacial score (nSPS) is 11.9. The number of nitrogens with two attached hydrogens (primary N) is 1. The molecule has 0 aliphatic rings. The molecule has 2 rings (SSSR count). The minimum absolute atomic E-state index is 0.0623. The molecule has 7 nitrogen and oxygen atoms in total. The van der Waals surface area contributed by atoms with Gasteiger partial charge in [0.1, 0.15) is 5.76 Å². The molecule has 0 radical (unpaired) electrons. The monoisotopic (exact) mass is 261 g/mol. The molecule has 4 N–H and O–H groups in total. The van der Waals surface area contributed by atoms with Gasteiger partial charge < -0.3 is 15.2 Å². The van der Waals surface area contributed by atoms with Crippen LogP contribution in [-0.2, 0) is 6.42 Å². The van der Waals surface area contributed by atoms with Gasteiger partial charge >= 0.3 is 0 Å². The van der Waals surface area contributed by atoms with Crippen LogP contribution >= 0.6 is 0 Å². The van der Waals surface area contributed by atoms with Gasteiger partial charge in [-0.2, -0.15) is 0 Å². The Hall–Kier alpha value is -2.41. The Bertz CT molecular complexity index is 524. The maximum atomic E-state index is 11.9. The molecular formula is C12H15N5O2. The lowest BCUT2D eigenvalue weighted by atomic mass is 10.2. The third-order valence-corrected chi connectivity index (χ3v) is 2.51. The second kappa shape index (κ2) is 5.96. The minimum Gasteiger partial charge on any atom is -0.469 e. The average Bonchev–Trinajstić information content (AvgIpc) is 2.91. The molecule has 0 saturated heterocycles. The molecule has 1 unspecified atom stereocenters. The van der Waals surface area contributed by atoms with Crippen molar-refractivity contribution in [3.05, 3.63) is 42.0 Å². The Morgan fingerprint density at radius 2 is 2.26 bits per heavy atom. The van der Waals surface area contributed by atoms with E-state index in [0.717, 1.165) is 5.76 Å². The van der Waals surface area contributed by atoms with Crippen molar-refractivity contribution < 1.29 is 9.21 Å². The number of nitrogen functional groups attached to an aromatic ring is 1. The van der Waals surface area contributed by atoms with Crippen LogP contribution in [-0.4, -0.2) is 22.1 Å². The number of aromatic nitrogens is 2. The number of carbonyl (C=O) groups is 1. The van der Waals surface area contributed by atoms with Crippen molar-refractivity contribution in [2.24, 2.45) is 5.84 Å². The molecule has 1 amide bonds. The number of nitrogens with zero attached hydrogens (tertiary/aromatic N) is 2. The number of anilines is 1. The highest BCUT2D eigenvalue weighted by Crippen LogP contribution is 2.05. The zero-order chi connectivity index (χ0) is 13.7. The number of hydrogen-bond acceptors (Lipinski definition) is 6. The summed E-state index contributed by atoms with van der Waals surface area (Å²) >= 11 is 0. The number of furan rings is 1. The van der Waals surface area contributed by atoms with Crippen molar-refractivity contribution in [3.63, 3.8) is 0 Å². The Morgan fingerprint density at radius 3 is 2.84 bits per heavy atom.